The zero-order valence-electron chi connectivity index (χ0n) is 12.2. The van der Waals surface area contributed by atoms with Crippen LogP contribution in [0.5, 0.6) is 5.75 Å². The summed E-state index contributed by atoms with van der Waals surface area (Å²) in [6, 6.07) is 13.6. The fourth-order valence-electron chi connectivity index (χ4n) is 3.15. The zero-order valence-corrected chi connectivity index (χ0v) is 12.2. The Kier molecular flexibility index (Phi) is 2.51. The van der Waals surface area contributed by atoms with Crippen LogP contribution in [-0.4, -0.2) is 10.4 Å². The molecule has 0 spiro atoms. The van der Waals surface area contributed by atoms with Crippen molar-refractivity contribution in [3.63, 3.8) is 0 Å². The first-order valence-corrected chi connectivity index (χ1v) is 7.06. The maximum absolute atomic E-state index is 12.8. The Morgan fingerprint density at radius 3 is 2.45 bits per heavy atom. The van der Waals surface area contributed by atoms with E-state index in [0.29, 0.717) is 11.3 Å². The van der Waals surface area contributed by atoms with Gasteiger partial charge in [-0.1, -0.05) is 30.3 Å². The average molecular weight is 291 g/mol. The highest BCUT2D eigenvalue weighted by atomic mass is 16.5. The largest absolute Gasteiger partial charge is 0.426 e. The molecular weight excluding hydrogens is 278 g/mol. The summed E-state index contributed by atoms with van der Waals surface area (Å²) in [4.78, 5) is 24.2. The molecule has 4 aromatic rings. The summed E-state index contributed by atoms with van der Waals surface area (Å²) >= 11 is 0. The van der Waals surface area contributed by atoms with Crippen LogP contribution in [0.1, 0.15) is 12.5 Å². The molecule has 0 aliphatic carbocycles. The third-order valence-electron chi connectivity index (χ3n) is 4.05. The van der Waals surface area contributed by atoms with Gasteiger partial charge in [-0.05, 0) is 19.1 Å². The lowest BCUT2D eigenvalue weighted by molar-refractivity contribution is -0.131. The van der Waals surface area contributed by atoms with Crippen LogP contribution in [-0.2, 0) is 4.79 Å². The van der Waals surface area contributed by atoms with Crippen LogP contribution in [0.4, 0.5) is 0 Å². The lowest BCUT2D eigenvalue weighted by Gasteiger charge is -2.10. The van der Waals surface area contributed by atoms with Gasteiger partial charge in [0.25, 0.3) is 5.56 Å². The van der Waals surface area contributed by atoms with Gasteiger partial charge in [0.2, 0.25) is 0 Å². The van der Waals surface area contributed by atoms with E-state index in [1.54, 1.807) is 11.3 Å². The van der Waals surface area contributed by atoms with Gasteiger partial charge in [-0.2, -0.15) is 0 Å². The molecular formula is C18H13NO3. The minimum absolute atomic E-state index is 0.152. The van der Waals surface area contributed by atoms with Crippen molar-refractivity contribution < 1.29 is 9.53 Å². The molecule has 2 aromatic carbocycles. The van der Waals surface area contributed by atoms with Crippen LogP contribution < -0.4 is 10.3 Å². The minimum Gasteiger partial charge on any atom is -0.426 e. The molecule has 0 N–H and O–H groups in total. The molecule has 0 unspecified atom stereocenters. The summed E-state index contributed by atoms with van der Waals surface area (Å²) in [6.07, 6.45) is 0. The Hall–Kier alpha value is -2.88. The molecule has 22 heavy (non-hydrogen) atoms. The van der Waals surface area contributed by atoms with E-state index in [4.69, 9.17) is 4.74 Å². The maximum atomic E-state index is 12.8. The zero-order chi connectivity index (χ0) is 15.4. The summed E-state index contributed by atoms with van der Waals surface area (Å²) in [5, 5.41) is 2.78. The van der Waals surface area contributed by atoms with Gasteiger partial charge in [0, 0.05) is 23.1 Å². The van der Waals surface area contributed by atoms with Crippen molar-refractivity contribution in [1.82, 2.24) is 4.40 Å². The van der Waals surface area contributed by atoms with E-state index < -0.39 is 5.97 Å². The van der Waals surface area contributed by atoms with Crippen molar-refractivity contribution in [2.45, 2.75) is 13.8 Å². The second-order valence-corrected chi connectivity index (χ2v) is 5.41. The number of benzene rings is 2. The van der Waals surface area contributed by atoms with E-state index >= 15 is 0 Å². The highest BCUT2D eigenvalue weighted by molar-refractivity contribution is 6.15. The summed E-state index contributed by atoms with van der Waals surface area (Å²) in [6.45, 7) is 3.03. The molecule has 4 nitrogen and oxygen atoms in total. The molecule has 108 valence electrons. The molecule has 0 aliphatic rings. The van der Waals surface area contributed by atoms with E-state index in [9.17, 15) is 9.59 Å². The van der Waals surface area contributed by atoms with Gasteiger partial charge in [-0.25, -0.2) is 0 Å². The highest BCUT2D eigenvalue weighted by Gasteiger charge is 2.20. The number of nitrogens with zero attached hydrogens (tertiary/aromatic N) is 1. The number of pyridine rings is 1. The normalized spacial score (nSPS) is 11.5. The molecule has 0 radical (unpaired) electrons. The van der Waals surface area contributed by atoms with E-state index in [1.165, 1.54) is 6.92 Å². The van der Waals surface area contributed by atoms with E-state index in [-0.39, 0.29) is 5.56 Å². The van der Waals surface area contributed by atoms with Crippen LogP contribution in [0.3, 0.4) is 0 Å². The van der Waals surface area contributed by atoms with Crippen LogP contribution in [0.15, 0.2) is 47.3 Å². The number of fused-ring (bicyclic) bond motifs is 3. The first-order chi connectivity index (χ1) is 10.6. The van der Waals surface area contributed by atoms with Crippen molar-refractivity contribution in [3.8, 4) is 5.75 Å². The lowest BCUT2D eigenvalue weighted by Crippen LogP contribution is -2.18. The first-order valence-electron chi connectivity index (χ1n) is 7.06. The fraction of sp³-hybridized carbons (Fsp3) is 0.111. The Labute approximate surface area is 125 Å². The van der Waals surface area contributed by atoms with Crippen molar-refractivity contribution in [3.05, 3.63) is 58.4 Å². The number of carbonyl (C=O) groups excluding carboxylic acids is 1. The number of hydrogen-bond acceptors (Lipinski definition) is 3. The van der Waals surface area contributed by atoms with Crippen molar-refractivity contribution in [2.24, 2.45) is 0 Å². The summed E-state index contributed by atoms with van der Waals surface area (Å²) in [5.74, 6) is -0.0675. The third-order valence-corrected chi connectivity index (χ3v) is 4.05. The van der Waals surface area contributed by atoms with Crippen LogP contribution in [0.25, 0.3) is 27.2 Å². The number of ether oxygens (including phenoxy) is 1. The van der Waals surface area contributed by atoms with Gasteiger partial charge in [-0.3, -0.25) is 14.0 Å². The smallest absolute Gasteiger partial charge is 0.308 e. The molecule has 0 saturated heterocycles. The standard InChI is InChI=1S/C18H13NO3/c1-10-17(22-11(2)20)14-8-5-7-13-12-6-3-4-9-15(12)19(16(13)14)18(10)21/h3-9H,1-2H3. The molecule has 0 bridgehead atoms. The maximum Gasteiger partial charge on any atom is 0.308 e. The van der Waals surface area contributed by atoms with Crippen LogP contribution in [0, 0.1) is 6.92 Å². The van der Waals surface area contributed by atoms with Crippen LogP contribution in [0.2, 0.25) is 0 Å². The predicted octanol–water partition coefficient (Wildman–Crippen LogP) is 3.28. The van der Waals surface area contributed by atoms with Gasteiger partial charge >= 0.3 is 5.97 Å². The summed E-state index contributed by atoms with van der Waals surface area (Å²) in [7, 11) is 0. The Balaban J connectivity index is 2.35. The second-order valence-electron chi connectivity index (χ2n) is 5.41. The van der Waals surface area contributed by atoms with Gasteiger partial charge in [0.1, 0.15) is 5.75 Å². The average Bonchev–Trinajstić information content (AvgIpc) is 2.85. The molecule has 0 atom stereocenters. The number of rotatable bonds is 1. The van der Waals surface area contributed by atoms with Gasteiger partial charge in [-0.15, -0.1) is 0 Å². The molecule has 0 amide bonds. The molecule has 0 saturated carbocycles. The first kappa shape index (κ1) is 12.8. The van der Waals surface area contributed by atoms with Crippen LogP contribution >= 0.6 is 0 Å². The lowest BCUT2D eigenvalue weighted by atomic mass is 10.1. The number of para-hydroxylation sites is 2. The Bertz CT molecular complexity index is 1110. The molecule has 0 aliphatic heterocycles. The second kappa shape index (κ2) is 4.31. The van der Waals surface area contributed by atoms with Crippen molar-refractivity contribution >= 4 is 33.2 Å². The van der Waals surface area contributed by atoms with Gasteiger partial charge in [0.15, 0.2) is 0 Å². The van der Waals surface area contributed by atoms with E-state index in [2.05, 4.69) is 0 Å². The fourth-order valence-corrected chi connectivity index (χ4v) is 3.15. The van der Waals surface area contributed by atoms with Gasteiger partial charge < -0.3 is 4.74 Å². The topological polar surface area (TPSA) is 47.8 Å². The minimum atomic E-state index is -0.427. The molecule has 2 heterocycles. The van der Waals surface area contributed by atoms with E-state index in [1.807, 2.05) is 42.5 Å². The molecule has 0 fully saturated rings. The number of esters is 1. The number of carbonyl (C=O) groups is 1. The van der Waals surface area contributed by atoms with Gasteiger partial charge in [0.05, 0.1) is 16.6 Å². The van der Waals surface area contributed by atoms with Crippen molar-refractivity contribution in [1.29, 1.82) is 0 Å². The Morgan fingerprint density at radius 1 is 1.00 bits per heavy atom. The van der Waals surface area contributed by atoms with Crippen molar-refractivity contribution in [2.75, 3.05) is 0 Å². The highest BCUT2D eigenvalue weighted by Crippen LogP contribution is 2.35. The number of hydrogen-bond donors (Lipinski definition) is 0. The molecule has 2 aromatic heterocycles. The monoisotopic (exact) mass is 291 g/mol. The number of aromatic nitrogens is 1. The third kappa shape index (κ3) is 1.52. The van der Waals surface area contributed by atoms with E-state index in [0.717, 1.165) is 27.2 Å². The SMILES string of the molecule is CC(=O)Oc1c(C)c(=O)n2c3ccccc3c3cccc1c32. The molecule has 4 rings (SSSR count). The molecule has 4 heteroatoms. The summed E-state index contributed by atoms with van der Waals surface area (Å²) < 4.78 is 7.03. The quantitative estimate of drug-likeness (QED) is 0.506. The Morgan fingerprint density at radius 2 is 1.68 bits per heavy atom. The summed E-state index contributed by atoms with van der Waals surface area (Å²) in [5.41, 5.74) is 1.96. The predicted molar refractivity (Wildman–Crippen MR) is 85.9 cm³/mol.